The number of rotatable bonds is 2. The van der Waals surface area contributed by atoms with Crippen LogP contribution >= 0.6 is 0 Å². The van der Waals surface area contributed by atoms with Crippen molar-refractivity contribution in [2.45, 2.75) is 32.6 Å². The zero-order valence-corrected chi connectivity index (χ0v) is 7.88. The smallest absolute Gasteiger partial charge is 0.0136 e. The van der Waals surface area contributed by atoms with E-state index in [1.54, 1.807) is 0 Å². The lowest BCUT2D eigenvalue weighted by Gasteiger charge is -2.18. The first-order valence-electron chi connectivity index (χ1n) is 4.77. The van der Waals surface area contributed by atoms with Gasteiger partial charge in [0.2, 0.25) is 0 Å². The van der Waals surface area contributed by atoms with E-state index >= 15 is 0 Å². The molecule has 0 saturated heterocycles. The van der Waals surface area contributed by atoms with Crippen LogP contribution in [0.5, 0.6) is 0 Å². The van der Waals surface area contributed by atoms with Gasteiger partial charge >= 0.3 is 0 Å². The Morgan fingerprint density at radius 1 is 1.17 bits per heavy atom. The second-order valence-corrected chi connectivity index (χ2v) is 4.29. The molecule has 1 aliphatic carbocycles. The maximum absolute atomic E-state index is 2.39. The van der Waals surface area contributed by atoms with Crippen molar-refractivity contribution >= 4 is 0 Å². The minimum atomic E-state index is 0.612. The van der Waals surface area contributed by atoms with Gasteiger partial charge in [-0.15, -0.1) is 0 Å². The molecule has 0 radical (unpaired) electrons. The molecule has 12 heavy (non-hydrogen) atoms. The quantitative estimate of drug-likeness (QED) is 0.620. The van der Waals surface area contributed by atoms with E-state index in [1.165, 1.54) is 18.4 Å². The van der Waals surface area contributed by atoms with Crippen molar-refractivity contribution in [1.29, 1.82) is 0 Å². The van der Waals surface area contributed by atoms with Crippen LogP contribution in [0.4, 0.5) is 0 Å². The summed E-state index contributed by atoms with van der Waals surface area (Å²) in [6.07, 6.45) is 2.81. The number of hydrogen-bond acceptors (Lipinski definition) is 0. The fraction of sp³-hybridized carbons (Fsp3) is 0.500. The molecule has 0 amide bonds. The van der Waals surface area contributed by atoms with Crippen LogP contribution in [0.1, 0.15) is 38.2 Å². The summed E-state index contributed by atoms with van der Waals surface area (Å²) in [5.74, 6) is 0.735. The molecule has 2 rings (SSSR count). The van der Waals surface area contributed by atoms with E-state index < -0.39 is 0 Å². The van der Waals surface area contributed by atoms with Crippen molar-refractivity contribution in [2.75, 3.05) is 0 Å². The third-order valence-electron chi connectivity index (χ3n) is 3.38. The van der Waals surface area contributed by atoms with Crippen LogP contribution in [0.3, 0.4) is 0 Å². The van der Waals surface area contributed by atoms with Gasteiger partial charge < -0.3 is 0 Å². The fourth-order valence-corrected chi connectivity index (χ4v) is 1.77. The molecule has 0 bridgehead atoms. The highest BCUT2D eigenvalue weighted by atomic mass is 14.5. The van der Waals surface area contributed by atoms with E-state index in [4.69, 9.17) is 0 Å². The first-order valence-corrected chi connectivity index (χ1v) is 4.77. The summed E-state index contributed by atoms with van der Waals surface area (Å²) >= 11 is 0. The summed E-state index contributed by atoms with van der Waals surface area (Å²) in [5, 5.41) is 0. The SMILES string of the molecule is C[C@@H](c1ccccc1)C1(C)CC1. The summed E-state index contributed by atoms with van der Waals surface area (Å²) in [6, 6.07) is 10.9. The molecule has 0 N–H and O–H groups in total. The maximum Gasteiger partial charge on any atom is -0.0136 e. The van der Waals surface area contributed by atoms with Crippen molar-refractivity contribution in [2.24, 2.45) is 5.41 Å². The third-order valence-corrected chi connectivity index (χ3v) is 3.38. The molecule has 1 aliphatic rings. The first kappa shape index (κ1) is 7.85. The van der Waals surface area contributed by atoms with Crippen LogP contribution < -0.4 is 0 Å². The highest BCUT2D eigenvalue weighted by Gasteiger charge is 2.42. The Labute approximate surface area is 74.6 Å². The molecule has 1 aromatic rings. The molecule has 0 nitrogen and oxygen atoms in total. The predicted octanol–water partition coefficient (Wildman–Crippen LogP) is 3.59. The van der Waals surface area contributed by atoms with Crippen LogP contribution in [-0.4, -0.2) is 0 Å². The molecule has 1 saturated carbocycles. The van der Waals surface area contributed by atoms with Gasteiger partial charge in [0.1, 0.15) is 0 Å². The van der Waals surface area contributed by atoms with Crippen LogP contribution in [0.15, 0.2) is 30.3 Å². The second-order valence-electron chi connectivity index (χ2n) is 4.29. The van der Waals surface area contributed by atoms with E-state index in [9.17, 15) is 0 Å². The zero-order valence-electron chi connectivity index (χ0n) is 7.88. The normalized spacial score (nSPS) is 21.8. The molecule has 0 aliphatic heterocycles. The van der Waals surface area contributed by atoms with Crippen molar-refractivity contribution in [3.63, 3.8) is 0 Å². The zero-order chi connectivity index (χ0) is 8.60. The summed E-state index contributed by atoms with van der Waals surface area (Å²) < 4.78 is 0. The lowest BCUT2D eigenvalue weighted by molar-refractivity contribution is 0.469. The largest absolute Gasteiger partial charge is 0.0622 e. The molecule has 0 heteroatoms. The Morgan fingerprint density at radius 3 is 2.25 bits per heavy atom. The van der Waals surface area contributed by atoms with Gasteiger partial charge in [0.15, 0.2) is 0 Å². The summed E-state index contributed by atoms with van der Waals surface area (Å²) in [5.41, 5.74) is 2.11. The highest BCUT2D eigenvalue weighted by Crippen LogP contribution is 2.55. The summed E-state index contributed by atoms with van der Waals surface area (Å²) in [4.78, 5) is 0. The van der Waals surface area contributed by atoms with Gasteiger partial charge in [0, 0.05) is 0 Å². The molecule has 0 aromatic heterocycles. The minimum absolute atomic E-state index is 0.612. The first-order chi connectivity index (χ1) is 5.72. The highest BCUT2D eigenvalue weighted by molar-refractivity contribution is 5.23. The molecule has 1 fully saturated rings. The van der Waals surface area contributed by atoms with Crippen LogP contribution in [0.2, 0.25) is 0 Å². The van der Waals surface area contributed by atoms with Gasteiger partial charge in [0.05, 0.1) is 0 Å². The topological polar surface area (TPSA) is 0 Å². The Balaban J connectivity index is 2.20. The second kappa shape index (κ2) is 2.62. The predicted molar refractivity (Wildman–Crippen MR) is 52.2 cm³/mol. The Hall–Kier alpha value is -0.780. The van der Waals surface area contributed by atoms with E-state index in [-0.39, 0.29) is 0 Å². The lowest BCUT2D eigenvalue weighted by atomic mass is 9.86. The molecule has 0 spiro atoms. The standard InChI is InChI=1S/C12H16/c1-10(12(2)8-9-12)11-6-4-3-5-7-11/h3-7,10H,8-9H2,1-2H3/t10-/m0/s1. The molecule has 0 heterocycles. The molecule has 1 aromatic carbocycles. The molecular weight excluding hydrogens is 144 g/mol. The third kappa shape index (κ3) is 1.26. The van der Waals surface area contributed by atoms with Crippen molar-refractivity contribution < 1.29 is 0 Å². The van der Waals surface area contributed by atoms with Gasteiger partial charge in [0.25, 0.3) is 0 Å². The molecule has 1 atom stereocenters. The van der Waals surface area contributed by atoms with Gasteiger partial charge in [-0.05, 0) is 29.7 Å². The van der Waals surface area contributed by atoms with Gasteiger partial charge in [-0.2, -0.15) is 0 Å². The van der Waals surface area contributed by atoms with Gasteiger partial charge in [-0.25, -0.2) is 0 Å². The lowest BCUT2D eigenvalue weighted by Crippen LogP contribution is -2.05. The average Bonchev–Trinajstić information content (AvgIpc) is 2.85. The van der Waals surface area contributed by atoms with Gasteiger partial charge in [-0.1, -0.05) is 44.2 Å². The Morgan fingerprint density at radius 2 is 1.75 bits per heavy atom. The van der Waals surface area contributed by atoms with Crippen LogP contribution in [0, 0.1) is 5.41 Å². The van der Waals surface area contributed by atoms with Gasteiger partial charge in [-0.3, -0.25) is 0 Å². The van der Waals surface area contributed by atoms with E-state index in [1.807, 2.05) is 0 Å². The maximum atomic E-state index is 2.39. The molecule has 64 valence electrons. The van der Waals surface area contributed by atoms with Crippen molar-refractivity contribution in [1.82, 2.24) is 0 Å². The molecular formula is C12H16. The van der Waals surface area contributed by atoms with E-state index in [2.05, 4.69) is 44.2 Å². The Bertz CT molecular complexity index is 257. The number of hydrogen-bond donors (Lipinski definition) is 0. The number of benzene rings is 1. The summed E-state index contributed by atoms with van der Waals surface area (Å²) in [6.45, 7) is 4.74. The van der Waals surface area contributed by atoms with Crippen molar-refractivity contribution in [3.8, 4) is 0 Å². The minimum Gasteiger partial charge on any atom is -0.0622 e. The van der Waals surface area contributed by atoms with E-state index in [0.29, 0.717) is 5.41 Å². The van der Waals surface area contributed by atoms with E-state index in [0.717, 1.165) is 5.92 Å². The Kier molecular flexibility index (Phi) is 1.71. The summed E-state index contributed by atoms with van der Waals surface area (Å²) in [7, 11) is 0. The fourth-order valence-electron chi connectivity index (χ4n) is 1.77. The van der Waals surface area contributed by atoms with Crippen LogP contribution in [-0.2, 0) is 0 Å². The van der Waals surface area contributed by atoms with Crippen molar-refractivity contribution in [3.05, 3.63) is 35.9 Å². The monoisotopic (exact) mass is 160 g/mol. The average molecular weight is 160 g/mol. The van der Waals surface area contributed by atoms with Crippen LogP contribution in [0.25, 0.3) is 0 Å². The molecule has 0 unspecified atom stereocenters.